The molecule has 0 unspecified atom stereocenters. The highest BCUT2D eigenvalue weighted by atomic mass is 14.7. The molecule has 1 aromatic carbocycles. The maximum atomic E-state index is 4.27. The number of aliphatic imine (C=N–C) groups is 1. The minimum atomic E-state index is 0.674. The third-order valence-electron chi connectivity index (χ3n) is 2.21. The average molecular weight is 213 g/mol. The molecule has 0 bridgehead atoms. The first-order valence-electron chi connectivity index (χ1n) is 5.74. The average Bonchev–Trinajstić information content (AvgIpc) is 2.32. The maximum Gasteiger partial charge on any atom is 0.0567 e. The molecule has 0 aliphatic carbocycles. The van der Waals surface area contributed by atoms with Crippen molar-refractivity contribution in [2.75, 3.05) is 6.54 Å². The van der Waals surface area contributed by atoms with Gasteiger partial charge in [0.25, 0.3) is 0 Å². The van der Waals surface area contributed by atoms with E-state index in [4.69, 9.17) is 0 Å². The number of benzene rings is 1. The van der Waals surface area contributed by atoms with Crippen LogP contribution in [0.3, 0.4) is 0 Å². The van der Waals surface area contributed by atoms with Gasteiger partial charge in [0.05, 0.1) is 6.54 Å². The molecule has 0 fully saturated rings. The van der Waals surface area contributed by atoms with Gasteiger partial charge in [-0.1, -0.05) is 55.8 Å². The zero-order valence-corrected chi connectivity index (χ0v) is 9.89. The number of hydrogen-bond acceptors (Lipinski definition) is 1. The smallest absolute Gasteiger partial charge is 0.0567 e. The van der Waals surface area contributed by atoms with Gasteiger partial charge in [-0.3, -0.25) is 4.99 Å². The molecule has 0 spiro atoms. The predicted octanol–water partition coefficient (Wildman–Crippen LogP) is 4.10. The van der Waals surface area contributed by atoms with E-state index in [1.54, 1.807) is 6.08 Å². The Balaban J connectivity index is 2.78. The van der Waals surface area contributed by atoms with Crippen molar-refractivity contribution in [2.24, 2.45) is 4.99 Å². The summed E-state index contributed by atoms with van der Waals surface area (Å²) in [4.78, 5) is 4.27. The van der Waals surface area contributed by atoms with Gasteiger partial charge in [0, 0.05) is 6.21 Å². The summed E-state index contributed by atoms with van der Waals surface area (Å²) in [5, 5.41) is 0. The van der Waals surface area contributed by atoms with Gasteiger partial charge in [0.1, 0.15) is 0 Å². The summed E-state index contributed by atoms with van der Waals surface area (Å²) in [5.74, 6) is 0. The van der Waals surface area contributed by atoms with Crippen LogP contribution in [0.25, 0.3) is 6.08 Å². The fraction of sp³-hybridized carbons (Fsp3) is 0.267. The van der Waals surface area contributed by atoms with Gasteiger partial charge in [-0.15, -0.1) is 6.58 Å². The van der Waals surface area contributed by atoms with Gasteiger partial charge in [-0.05, 0) is 17.5 Å². The summed E-state index contributed by atoms with van der Waals surface area (Å²) in [6, 6.07) is 8.28. The second kappa shape index (κ2) is 7.63. The van der Waals surface area contributed by atoms with Gasteiger partial charge < -0.3 is 0 Å². The van der Waals surface area contributed by atoms with E-state index in [0.717, 1.165) is 12.0 Å². The van der Waals surface area contributed by atoms with E-state index in [2.05, 4.69) is 48.8 Å². The highest BCUT2D eigenvalue weighted by Crippen LogP contribution is 2.09. The molecule has 0 aliphatic rings. The molecule has 0 aromatic heterocycles. The van der Waals surface area contributed by atoms with Crippen molar-refractivity contribution in [2.45, 2.75) is 19.8 Å². The molecule has 0 heterocycles. The third-order valence-corrected chi connectivity index (χ3v) is 2.21. The topological polar surface area (TPSA) is 12.4 Å². The lowest BCUT2D eigenvalue weighted by Crippen LogP contribution is -1.87. The molecule has 1 aromatic rings. The SMILES string of the molecule is C=CCN=Cc1ccccc1/C=C\CCC. The van der Waals surface area contributed by atoms with Gasteiger partial charge >= 0.3 is 0 Å². The fourth-order valence-corrected chi connectivity index (χ4v) is 1.38. The second-order valence-corrected chi connectivity index (χ2v) is 3.60. The van der Waals surface area contributed by atoms with Crippen LogP contribution < -0.4 is 0 Å². The number of allylic oxidation sites excluding steroid dienone is 1. The van der Waals surface area contributed by atoms with E-state index in [9.17, 15) is 0 Å². The second-order valence-electron chi connectivity index (χ2n) is 3.60. The standard InChI is InChI=1S/C15H19N/c1-3-5-6-9-14-10-7-8-11-15(14)13-16-12-4-2/h4,6-11,13H,2-3,5,12H2,1H3/b9-6-,16-13?. The molecule has 84 valence electrons. The number of hydrogen-bond donors (Lipinski definition) is 0. The van der Waals surface area contributed by atoms with Crippen LogP contribution in [0.15, 0.2) is 48.0 Å². The van der Waals surface area contributed by atoms with Gasteiger partial charge in [-0.25, -0.2) is 0 Å². The van der Waals surface area contributed by atoms with Crippen LogP contribution in [0.1, 0.15) is 30.9 Å². The Hall–Kier alpha value is -1.63. The molecule has 0 N–H and O–H groups in total. The molecular formula is C15H19N. The Morgan fingerprint density at radius 3 is 2.69 bits per heavy atom. The van der Waals surface area contributed by atoms with Crippen LogP contribution in [0.2, 0.25) is 0 Å². The lowest BCUT2D eigenvalue weighted by molar-refractivity contribution is 0.962. The lowest BCUT2D eigenvalue weighted by atomic mass is 10.1. The summed E-state index contributed by atoms with van der Waals surface area (Å²) in [6.07, 6.45) is 10.4. The Kier molecular flexibility index (Phi) is 5.94. The summed E-state index contributed by atoms with van der Waals surface area (Å²) in [5.41, 5.74) is 2.39. The summed E-state index contributed by atoms with van der Waals surface area (Å²) >= 11 is 0. The first-order valence-corrected chi connectivity index (χ1v) is 5.74. The van der Waals surface area contributed by atoms with Crippen LogP contribution in [-0.4, -0.2) is 12.8 Å². The molecule has 0 radical (unpaired) electrons. The molecular weight excluding hydrogens is 194 g/mol. The monoisotopic (exact) mass is 213 g/mol. The number of nitrogens with zero attached hydrogens (tertiary/aromatic N) is 1. The van der Waals surface area contributed by atoms with Gasteiger partial charge in [0.15, 0.2) is 0 Å². The minimum absolute atomic E-state index is 0.674. The van der Waals surface area contributed by atoms with E-state index < -0.39 is 0 Å². The minimum Gasteiger partial charge on any atom is -0.288 e. The summed E-state index contributed by atoms with van der Waals surface area (Å²) < 4.78 is 0. The van der Waals surface area contributed by atoms with Crippen molar-refractivity contribution in [3.05, 3.63) is 54.1 Å². The Morgan fingerprint density at radius 2 is 2.00 bits per heavy atom. The molecule has 16 heavy (non-hydrogen) atoms. The quantitative estimate of drug-likeness (QED) is 0.498. The van der Waals surface area contributed by atoms with E-state index in [1.807, 2.05) is 12.3 Å². The summed E-state index contributed by atoms with van der Waals surface area (Å²) in [6.45, 7) is 6.50. The highest BCUT2D eigenvalue weighted by molar-refractivity contribution is 5.85. The molecule has 0 saturated heterocycles. The van der Waals surface area contributed by atoms with Gasteiger partial charge in [0.2, 0.25) is 0 Å². The first-order chi connectivity index (χ1) is 7.88. The normalized spacial score (nSPS) is 11.3. The Morgan fingerprint density at radius 1 is 1.25 bits per heavy atom. The van der Waals surface area contributed by atoms with E-state index in [-0.39, 0.29) is 0 Å². The molecule has 1 heteroatoms. The zero-order valence-electron chi connectivity index (χ0n) is 9.89. The zero-order chi connectivity index (χ0) is 11.6. The predicted molar refractivity (Wildman–Crippen MR) is 73.0 cm³/mol. The Bertz CT molecular complexity index is 375. The van der Waals surface area contributed by atoms with Crippen molar-refractivity contribution in [3.8, 4) is 0 Å². The molecule has 0 atom stereocenters. The number of rotatable bonds is 6. The van der Waals surface area contributed by atoms with E-state index in [1.165, 1.54) is 12.0 Å². The van der Waals surface area contributed by atoms with E-state index in [0.29, 0.717) is 6.54 Å². The van der Waals surface area contributed by atoms with Crippen LogP contribution >= 0.6 is 0 Å². The molecule has 0 aliphatic heterocycles. The van der Waals surface area contributed by atoms with Crippen LogP contribution in [-0.2, 0) is 0 Å². The van der Waals surface area contributed by atoms with Crippen molar-refractivity contribution in [1.82, 2.24) is 0 Å². The van der Waals surface area contributed by atoms with Crippen molar-refractivity contribution in [3.63, 3.8) is 0 Å². The lowest BCUT2D eigenvalue weighted by Gasteiger charge is -1.99. The highest BCUT2D eigenvalue weighted by Gasteiger charge is 1.93. The van der Waals surface area contributed by atoms with Crippen molar-refractivity contribution < 1.29 is 0 Å². The fourth-order valence-electron chi connectivity index (χ4n) is 1.38. The first kappa shape index (κ1) is 12.4. The maximum absolute atomic E-state index is 4.27. The van der Waals surface area contributed by atoms with Crippen LogP contribution in [0.5, 0.6) is 0 Å². The van der Waals surface area contributed by atoms with Crippen molar-refractivity contribution >= 4 is 12.3 Å². The number of unbranched alkanes of at least 4 members (excludes halogenated alkanes) is 1. The third kappa shape index (κ3) is 4.26. The molecule has 1 rings (SSSR count). The largest absolute Gasteiger partial charge is 0.288 e. The van der Waals surface area contributed by atoms with Crippen LogP contribution in [0.4, 0.5) is 0 Å². The van der Waals surface area contributed by atoms with E-state index >= 15 is 0 Å². The van der Waals surface area contributed by atoms with Crippen LogP contribution in [0, 0.1) is 0 Å². The molecule has 1 nitrogen and oxygen atoms in total. The molecule has 0 amide bonds. The van der Waals surface area contributed by atoms with Gasteiger partial charge in [-0.2, -0.15) is 0 Å². The van der Waals surface area contributed by atoms with Crippen molar-refractivity contribution in [1.29, 1.82) is 0 Å². The molecule has 0 saturated carbocycles. The Labute approximate surface area is 98.2 Å². The summed E-state index contributed by atoms with van der Waals surface area (Å²) in [7, 11) is 0.